The number of carboxylic acids is 1. The van der Waals surface area contributed by atoms with E-state index in [0.29, 0.717) is 30.5 Å². The van der Waals surface area contributed by atoms with Crippen molar-refractivity contribution < 1.29 is 14.7 Å². The molecule has 1 aliphatic carbocycles. The molecule has 1 aromatic heterocycles. The van der Waals surface area contributed by atoms with E-state index in [1.807, 2.05) is 24.3 Å². The van der Waals surface area contributed by atoms with E-state index in [2.05, 4.69) is 0 Å². The van der Waals surface area contributed by atoms with E-state index in [-0.39, 0.29) is 5.91 Å². The van der Waals surface area contributed by atoms with Gasteiger partial charge in [-0.1, -0.05) is 18.2 Å². The summed E-state index contributed by atoms with van der Waals surface area (Å²) in [4.78, 5) is 24.5. The molecule has 5 heteroatoms. The molecule has 0 saturated heterocycles. The van der Waals surface area contributed by atoms with Crippen LogP contribution in [0.1, 0.15) is 28.0 Å². The third kappa shape index (κ3) is 2.48. The average Bonchev–Trinajstić information content (AvgIpc) is 2.95. The highest BCUT2D eigenvalue weighted by Crippen LogP contribution is 2.35. The van der Waals surface area contributed by atoms with Crippen molar-refractivity contribution in [2.45, 2.75) is 19.3 Å². The van der Waals surface area contributed by atoms with Crippen LogP contribution in [-0.4, -0.2) is 21.6 Å². The maximum absolute atomic E-state index is 13.1. The number of carbonyl (C=O) groups excluding carboxylic acids is 1. The molecule has 0 saturated carbocycles. The van der Waals surface area contributed by atoms with Crippen LogP contribution in [0.3, 0.4) is 0 Å². The number of para-hydroxylation sites is 1. The first kappa shape index (κ1) is 15.4. The van der Waals surface area contributed by atoms with E-state index >= 15 is 0 Å². The lowest BCUT2D eigenvalue weighted by atomic mass is 9.86. The largest absolute Gasteiger partial charge is 0.481 e. The van der Waals surface area contributed by atoms with Gasteiger partial charge in [0.2, 0.25) is 0 Å². The van der Waals surface area contributed by atoms with E-state index in [1.54, 1.807) is 28.8 Å². The molecule has 3 aromatic rings. The molecule has 1 aliphatic rings. The van der Waals surface area contributed by atoms with Crippen LogP contribution in [0.4, 0.5) is 5.69 Å². The Morgan fingerprint density at radius 1 is 1.08 bits per heavy atom. The van der Waals surface area contributed by atoms with Gasteiger partial charge in [-0.05, 0) is 55.2 Å². The summed E-state index contributed by atoms with van der Waals surface area (Å²) in [7, 11) is 0. The number of hydrogen-bond acceptors (Lipinski definition) is 3. The highest BCUT2D eigenvalue weighted by atomic mass is 16.4. The monoisotopic (exact) mass is 334 g/mol. The first-order valence-electron chi connectivity index (χ1n) is 8.30. The second-order valence-corrected chi connectivity index (χ2v) is 6.48. The summed E-state index contributed by atoms with van der Waals surface area (Å²) in [5, 5.41) is 10.3. The minimum Gasteiger partial charge on any atom is -0.481 e. The molecule has 126 valence electrons. The summed E-state index contributed by atoms with van der Waals surface area (Å²) < 4.78 is 1.74. The van der Waals surface area contributed by atoms with Crippen LogP contribution in [0, 0.1) is 5.92 Å². The van der Waals surface area contributed by atoms with Gasteiger partial charge in [-0.2, -0.15) is 0 Å². The van der Waals surface area contributed by atoms with E-state index in [1.165, 1.54) is 0 Å². The number of carboxylic acid groups (broad SMARTS) is 1. The van der Waals surface area contributed by atoms with Crippen LogP contribution in [0.15, 0.2) is 48.5 Å². The van der Waals surface area contributed by atoms with Gasteiger partial charge >= 0.3 is 5.97 Å². The van der Waals surface area contributed by atoms with Gasteiger partial charge in [-0.15, -0.1) is 0 Å². The van der Waals surface area contributed by atoms with E-state index in [0.717, 1.165) is 22.2 Å². The molecular formula is C20H18N2O3. The molecule has 4 rings (SSSR count). The molecule has 25 heavy (non-hydrogen) atoms. The third-order valence-electron chi connectivity index (χ3n) is 4.98. The molecule has 0 radical (unpaired) electrons. The van der Waals surface area contributed by atoms with Crippen molar-refractivity contribution in [3.8, 4) is 0 Å². The molecule has 0 spiro atoms. The molecule has 0 bridgehead atoms. The predicted octanol–water partition coefficient (Wildman–Crippen LogP) is 3.10. The molecule has 0 amide bonds. The lowest BCUT2D eigenvalue weighted by Crippen LogP contribution is -2.24. The van der Waals surface area contributed by atoms with Crippen molar-refractivity contribution in [1.82, 2.24) is 4.57 Å². The van der Waals surface area contributed by atoms with Gasteiger partial charge in [0.25, 0.3) is 5.91 Å². The summed E-state index contributed by atoms with van der Waals surface area (Å²) in [5.41, 5.74) is 9.64. The standard InChI is InChI=1S/C20H18N2O3/c21-14-8-5-12(6-9-14)19(23)22-17-4-2-1-3-15(17)16-11-13(20(24)25)7-10-18(16)22/h1-6,8-9,13H,7,10-11,21H2,(H,24,25). The number of aliphatic carboxylic acids is 1. The molecule has 1 unspecified atom stereocenters. The minimum absolute atomic E-state index is 0.105. The zero-order valence-corrected chi connectivity index (χ0v) is 13.6. The summed E-state index contributed by atoms with van der Waals surface area (Å²) in [6.07, 6.45) is 1.60. The van der Waals surface area contributed by atoms with Crippen LogP contribution < -0.4 is 5.73 Å². The van der Waals surface area contributed by atoms with E-state index in [9.17, 15) is 14.7 Å². The number of nitrogens with two attached hydrogens (primary N) is 1. The molecule has 3 N–H and O–H groups in total. The van der Waals surface area contributed by atoms with Gasteiger partial charge in [-0.25, -0.2) is 0 Å². The maximum Gasteiger partial charge on any atom is 0.306 e. The van der Waals surface area contributed by atoms with Crippen molar-refractivity contribution in [1.29, 1.82) is 0 Å². The Labute approximate surface area is 144 Å². The maximum atomic E-state index is 13.1. The summed E-state index contributed by atoms with van der Waals surface area (Å²) in [6.45, 7) is 0. The number of fused-ring (bicyclic) bond motifs is 3. The number of carbonyl (C=O) groups is 2. The second-order valence-electron chi connectivity index (χ2n) is 6.48. The number of anilines is 1. The smallest absolute Gasteiger partial charge is 0.306 e. The average molecular weight is 334 g/mol. The third-order valence-corrected chi connectivity index (χ3v) is 4.98. The number of hydrogen-bond donors (Lipinski definition) is 2. The van der Waals surface area contributed by atoms with Crippen LogP contribution in [0.5, 0.6) is 0 Å². The Balaban J connectivity index is 1.89. The number of benzene rings is 2. The number of nitrogen functional groups attached to an aromatic ring is 1. The Kier molecular flexibility index (Phi) is 3.57. The fourth-order valence-electron chi connectivity index (χ4n) is 3.71. The molecule has 0 aliphatic heterocycles. The summed E-state index contributed by atoms with van der Waals surface area (Å²) in [5.74, 6) is -1.27. The lowest BCUT2D eigenvalue weighted by molar-refractivity contribution is -0.142. The van der Waals surface area contributed by atoms with Crippen LogP contribution in [0.25, 0.3) is 10.9 Å². The minimum atomic E-state index is -0.771. The predicted molar refractivity (Wildman–Crippen MR) is 95.7 cm³/mol. The zero-order valence-electron chi connectivity index (χ0n) is 13.6. The Morgan fingerprint density at radius 3 is 2.52 bits per heavy atom. The molecule has 2 aromatic carbocycles. The normalized spacial score (nSPS) is 16.6. The van der Waals surface area contributed by atoms with Gasteiger partial charge in [0.05, 0.1) is 11.4 Å². The first-order chi connectivity index (χ1) is 12.1. The topological polar surface area (TPSA) is 85.3 Å². The molecule has 1 heterocycles. The number of rotatable bonds is 2. The summed E-state index contributed by atoms with van der Waals surface area (Å²) in [6, 6.07) is 14.6. The Bertz CT molecular complexity index is 986. The summed E-state index contributed by atoms with van der Waals surface area (Å²) >= 11 is 0. The first-order valence-corrected chi connectivity index (χ1v) is 8.30. The van der Waals surface area contributed by atoms with Gasteiger partial charge in [0, 0.05) is 22.3 Å². The van der Waals surface area contributed by atoms with Crippen LogP contribution >= 0.6 is 0 Å². The van der Waals surface area contributed by atoms with Gasteiger partial charge in [0.1, 0.15) is 0 Å². The fourth-order valence-corrected chi connectivity index (χ4v) is 3.71. The highest BCUT2D eigenvalue weighted by molar-refractivity contribution is 6.04. The van der Waals surface area contributed by atoms with Crippen molar-refractivity contribution in [3.63, 3.8) is 0 Å². The zero-order chi connectivity index (χ0) is 17.6. The Morgan fingerprint density at radius 2 is 1.80 bits per heavy atom. The van der Waals surface area contributed by atoms with Crippen LogP contribution in [0.2, 0.25) is 0 Å². The van der Waals surface area contributed by atoms with Gasteiger partial charge in [-0.3, -0.25) is 14.2 Å². The molecule has 0 fully saturated rings. The quantitative estimate of drug-likeness (QED) is 0.705. The second kappa shape index (κ2) is 5.77. The van der Waals surface area contributed by atoms with Gasteiger partial charge in [0.15, 0.2) is 0 Å². The molecule has 5 nitrogen and oxygen atoms in total. The van der Waals surface area contributed by atoms with E-state index < -0.39 is 11.9 Å². The Hall–Kier alpha value is -3.08. The lowest BCUT2D eigenvalue weighted by Gasteiger charge is -2.20. The van der Waals surface area contributed by atoms with Crippen molar-refractivity contribution in [3.05, 3.63) is 65.4 Å². The van der Waals surface area contributed by atoms with Gasteiger partial charge < -0.3 is 10.8 Å². The number of nitrogens with zero attached hydrogens (tertiary/aromatic N) is 1. The molecular weight excluding hydrogens is 316 g/mol. The van der Waals surface area contributed by atoms with Crippen molar-refractivity contribution in [2.24, 2.45) is 5.92 Å². The van der Waals surface area contributed by atoms with Crippen molar-refractivity contribution in [2.75, 3.05) is 5.73 Å². The van der Waals surface area contributed by atoms with Crippen molar-refractivity contribution >= 4 is 28.5 Å². The molecule has 1 atom stereocenters. The SMILES string of the molecule is Nc1ccc(C(=O)n2c3c(c4ccccc42)CC(C(=O)O)CC3)cc1. The highest BCUT2D eigenvalue weighted by Gasteiger charge is 2.30. The van der Waals surface area contributed by atoms with Crippen LogP contribution in [-0.2, 0) is 17.6 Å². The number of aromatic nitrogens is 1. The fraction of sp³-hybridized carbons (Fsp3) is 0.200. The van der Waals surface area contributed by atoms with E-state index in [4.69, 9.17) is 5.73 Å².